The summed E-state index contributed by atoms with van der Waals surface area (Å²) >= 11 is 0. The molecule has 0 spiro atoms. The number of halogens is 4. The summed E-state index contributed by atoms with van der Waals surface area (Å²) in [6, 6.07) is 6.57. The standard InChI is InChI=1S/C16H22F3N3O.HI/c1-2-20-15(21-9-12-6-7-12)22-10-13-4-3-5-14(8-13)23-11-16(17,18)19;/h3-5,8,12H,2,6-7,9-11H2,1H3,(H2,20,21,22);1H. The minimum Gasteiger partial charge on any atom is -0.484 e. The van der Waals surface area contributed by atoms with Gasteiger partial charge in [0.05, 0.1) is 6.54 Å². The summed E-state index contributed by atoms with van der Waals surface area (Å²) in [4.78, 5) is 4.45. The Kier molecular flexibility index (Phi) is 8.65. The number of hydrogen-bond donors (Lipinski definition) is 2. The molecule has 8 heteroatoms. The summed E-state index contributed by atoms with van der Waals surface area (Å²) in [5, 5.41) is 6.43. The van der Waals surface area contributed by atoms with Gasteiger partial charge in [-0.05, 0) is 43.4 Å². The molecule has 1 saturated carbocycles. The Morgan fingerprint density at radius 2 is 2.04 bits per heavy atom. The third-order valence-corrected chi connectivity index (χ3v) is 3.32. The third kappa shape index (κ3) is 8.60. The predicted molar refractivity (Wildman–Crippen MR) is 98.9 cm³/mol. The Labute approximate surface area is 157 Å². The highest BCUT2D eigenvalue weighted by Gasteiger charge is 2.28. The van der Waals surface area contributed by atoms with E-state index in [9.17, 15) is 13.2 Å². The number of rotatable bonds is 7. The molecule has 0 aliphatic heterocycles. The molecule has 0 aromatic heterocycles. The zero-order valence-corrected chi connectivity index (χ0v) is 15.9. The predicted octanol–water partition coefficient (Wildman–Crippen LogP) is 3.71. The average molecular weight is 457 g/mol. The Morgan fingerprint density at radius 1 is 1.29 bits per heavy atom. The summed E-state index contributed by atoms with van der Waals surface area (Å²) in [6.07, 6.45) is -1.82. The molecule has 1 fully saturated rings. The Hall–Kier alpha value is -1.19. The minimum absolute atomic E-state index is 0. The third-order valence-electron chi connectivity index (χ3n) is 3.32. The molecule has 0 unspecified atom stereocenters. The van der Waals surface area contributed by atoms with Crippen LogP contribution < -0.4 is 15.4 Å². The van der Waals surface area contributed by atoms with Crippen molar-refractivity contribution in [3.8, 4) is 5.75 Å². The van der Waals surface area contributed by atoms with Gasteiger partial charge in [-0.2, -0.15) is 13.2 Å². The maximum atomic E-state index is 12.2. The fraction of sp³-hybridized carbons (Fsp3) is 0.562. The number of hydrogen-bond acceptors (Lipinski definition) is 2. The van der Waals surface area contributed by atoms with Crippen molar-refractivity contribution in [2.24, 2.45) is 10.9 Å². The molecule has 4 nitrogen and oxygen atoms in total. The second-order valence-electron chi connectivity index (χ2n) is 5.57. The second kappa shape index (κ2) is 9.95. The van der Waals surface area contributed by atoms with Crippen molar-refractivity contribution >= 4 is 29.9 Å². The van der Waals surface area contributed by atoms with Crippen LogP contribution in [0.1, 0.15) is 25.3 Å². The smallest absolute Gasteiger partial charge is 0.422 e. The SMILES string of the molecule is CCNC(=NCc1cccc(OCC(F)(F)F)c1)NCC1CC1.I. The van der Waals surface area contributed by atoms with Crippen LogP contribution in [0, 0.1) is 5.92 Å². The van der Waals surface area contributed by atoms with Gasteiger partial charge in [-0.25, -0.2) is 4.99 Å². The Balaban J connectivity index is 0.00000288. The summed E-state index contributed by atoms with van der Waals surface area (Å²) in [5.41, 5.74) is 0.799. The van der Waals surface area contributed by atoms with Crippen LogP contribution in [0.25, 0.3) is 0 Å². The van der Waals surface area contributed by atoms with Gasteiger partial charge >= 0.3 is 6.18 Å². The van der Waals surface area contributed by atoms with Gasteiger partial charge in [-0.1, -0.05) is 12.1 Å². The van der Waals surface area contributed by atoms with E-state index in [2.05, 4.69) is 15.6 Å². The van der Waals surface area contributed by atoms with Crippen LogP contribution in [0.4, 0.5) is 13.2 Å². The maximum Gasteiger partial charge on any atom is 0.422 e. The van der Waals surface area contributed by atoms with Gasteiger partial charge in [-0.15, -0.1) is 24.0 Å². The van der Waals surface area contributed by atoms with Gasteiger partial charge in [0.2, 0.25) is 0 Å². The number of alkyl halides is 3. The number of benzene rings is 1. The lowest BCUT2D eigenvalue weighted by molar-refractivity contribution is -0.153. The molecule has 2 N–H and O–H groups in total. The van der Waals surface area contributed by atoms with E-state index in [1.54, 1.807) is 12.1 Å². The first-order valence-electron chi connectivity index (χ1n) is 7.77. The van der Waals surface area contributed by atoms with E-state index in [-0.39, 0.29) is 29.7 Å². The van der Waals surface area contributed by atoms with Crippen molar-refractivity contribution < 1.29 is 17.9 Å². The lowest BCUT2D eigenvalue weighted by atomic mass is 10.2. The van der Waals surface area contributed by atoms with Gasteiger partial charge in [0.15, 0.2) is 12.6 Å². The van der Waals surface area contributed by atoms with Crippen molar-refractivity contribution in [1.82, 2.24) is 10.6 Å². The van der Waals surface area contributed by atoms with E-state index < -0.39 is 12.8 Å². The molecular formula is C16H23F3IN3O. The highest BCUT2D eigenvalue weighted by atomic mass is 127. The van der Waals surface area contributed by atoms with Crippen molar-refractivity contribution in [3.05, 3.63) is 29.8 Å². The second-order valence-corrected chi connectivity index (χ2v) is 5.57. The van der Waals surface area contributed by atoms with E-state index in [1.807, 2.05) is 13.0 Å². The summed E-state index contributed by atoms with van der Waals surface area (Å²) < 4.78 is 41.3. The van der Waals surface area contributed by atoms with Crippen LogP contribution in [0.3, 0.4) is 0 Å². The van der Waals surface area contributed by atoms with Gasteiger partial charge in [0.1, 0.15) is 5.75 Å². The molecule has 0 heterocycles. The van der Waals surface area contributed by atoms with Crippen molar-refractivity contribution in [2.45, 2.75) is 32.5 Å². The zero-order chi connectivity index (χ0) is 16.7. The van der Waals surface area contributed by atoms with Gasteiger partial charge < -0.3 is 15.4 Å². The largest absolute Gasteiger partial charge is 0.484 e. The molecule has 1 aliphatic carbocycles. The molecule has 136 valence electrons. The molecule has 0 amide bonds. The number of ether oxygens (including phenoxy) is 1. The lowest BCUT2D eigenvalue weighted by Gasteiger charge is -2.11. The fourth-order valence-corrected chi connectivity index (χ4v) is 1.97. The van der Waals surface area contributed by atoms with Gasteiger partial charge in [-0.3, -0.25) is 0 Å². The maximum absolute atomic E-state index is 12.2. The highest BCUT2D eigenvalue weighted by Crippen LogP contribution is 2.27. The average Bonchev–Trinajstić information content (AvgIpc) is 3.32. The Bertz CT molecular complexity index is 534. The van der Waals surface area contributed by atoms with E-state index in [1.165, 1.54) is 18.9 Å². The van der Waals surface area contributed by atoms with Crippen LogP contribution >= 0.6 is 24.0 Å². The number of nitrogens with one attached hydrogen (secondary N) is 2. The number of aliphatic imine (C=N–C) groups is 1. The van der Waals surface area contributed by atoms with Crippen LogP contribution in [-0.4, -0.2) is 31.8 Å². The van der Waals surface area contributed by atoms with E-state index in [0.29, 0.717) is 6.54 Å². The first-order chi connectivity index (χ1) is 11.0. The van der Waals surface area contributed by atoms with Crippen LogP contribution in [0.15, 0.2) is 29.3 Å². The van der Waals surface area contributed by atoms with Crippen LogP contribution in [0.5, 0.6) is 5.75 Å². The molecule has 1 aromatic carbocycles. The quantitative estimate of drug-likeness (QED) is 0.373. The molecule has 1 aromatic rings. The molecule has 0 atom stereocenters. The summed E-state index contributed by atoms with van der Waals surface area (Å²) in [5.74, 6) is 1.66. The van der Waals surface area contributed by atoms with E-state index in [0.717, 1.165) is 30.5 Å². The Morgan fingerprint density at radius 3 is 2.67 bits per heavy atom. The first-order valence-corrected chi connectivity index (χ1v) is 7.77. The van der Waals surface area contributed by atoms with Crippen molar-refractivity contribution in [2.75, 3.05) is 19.7 Å². The minimum atomic E-state index is -4.33. The van der Waals surface area contributed by atoms with Gasteiger partial charge in [0.25, 0.3) is 0 Å². The lowest BCUT2D eigenvalue weighted by Crippen LogP contribution is -2.38. The van der Waals surface area contributed by atoms with Gasteiger partial charge in [0, 0.05) is 13.1 Å². The van der Waals surface area contributed by atoms with E-state index >= 15 is 0 Å². The molecular weight excluding hydrogens is 434 g/mol. The normalized spacial score (nSPS) is 14.8. The van der Waals surface area contributed by atoms with E-state index in [4.69, 9.17) is 4.74 Å². The summed E-state index contributed by atoms with van der Waals surface area (Å²) in [7, 11) is 0. The summed E-state index contributed by atoms with van der Waals surface area (Å²) in [6.45, 7) is 2.74. The first kappa shape index (κ1) is 20.9. The van der Waals surface area contributed by atoms with Crippen molar-refractivity contribution in [3.63, 3.8) is 0 Å². The molecule has 1 aliphatic rings. The molecule has 0 saturated heterocycles. The molecule has 2 rings (SSSR count). The zero-order valence-electron chi connectivity index (χ0n) is 13.5. The number of guanidine groups is 1. The number of nitrogens with zero attached hydrogens (tertiary/aromatic N) is 1. The molecule has 0 radical (unpaired) electrons. The topological polar surface area (TPSA) is 45.7 Å². The molecule has 0 bridgehead atoms. The monoisotopic (exact) mass is 457 g/mol. The molecule has 24 heavy (non-hydrogen) atoms. The van der Waals surface area contributed by atoms with Crippen molar-refractivity contribution in [1.29, 1.82) is 0 Å². The highest BCUT2D eigenvalue weighted by molar-refractivity contribution is 14.0. The van der Waals surface area contributed by atoms with Crippen LogP contribution in [0.2, 0.25) is 0 Å². The fourth-order valence-electron chi connectivity index (χ4n) is 1.97. The van der Waals surface area contributed by atoms with Crippen LogP contribution in [-0.2, 0) is 6.54 Å².